The van der Waals surface area contributed by atoms with E-state index in [4.69, 9.17) is 4.74 Å². The fraction of sp³-hybridized carbons (Fsp3) is 0.471. The van der Waals surface area contributed by atoms with Crippen LogP contribution < -0.4 is 10.2 Å². The van der Waals surface area contributed by atoms with Crippen LogP contribution in [-0.2, 0) is 11.2 Å². The zero-order valence-electron chi connectivity index (χ0n) is 15.5. The first-order valence-electron chi connectivity index (χ1n) is 9.02. The van der Waals surface area contributed by atoms with Gasteiger partial charge in [-0.05, 0) is 24.8 Å². The number of nitrogens with zero attached hydrogens (tertiary/aromatic N) is 5. The molecular formula is C17H22N6O4S. The van der Waals surface area contributed by atoms with Gasteiger partial charge >= 0.3 is 11.8 Å². The molecule has 0 radical (unpaired) electrons. The molecule has 0 saturated carbocycles. The highest BCUT2D eigenvalue weighted by Crippen LogP contribution is 2.32. The number of hydrogen-bond acceptors (Lipinski definition) is 9. The van der Waals surface area contributed by atoms with Crippen molar-refractivity contribution in [2.24, 2.45) is 0 Å². The van der Waals surface area contributed by atoms with Gasteiger partial charge in [0.2, 0.25) is 11.6 Å². The average Bonchev–Trinajstić information content (AvgIpc) is 3.21. The standard InChI is InChI=1S/C17H22N6O4S/c1-2-27-17(24)22-9-7-21(8-10-22)16-14(23(25)26)15(19-12-20-16)18-6-5-13-4-3-11-28-13/h3-4,11-12H,2,5-10H2,1H3,(H,18,19,20). The second kappa shape index (κ2) is 9.31. The molecule has 3 heterocycles. The van der Waals surface area contributed by atoms with Gasteiger partial charge in [-0.15, -0.1) is 11.3 Å². The van der Waals surface area contributed by atoms with E-state index >= 15 is 0 Å². The normalized spacial score (nSPS) is 14.0. The van der Waals surface area contributed by atoms with E-state index in [0.29, 0.717) is 39.3 Å². The zero-order chi connectivity index (χ0) is 19.9. The topological polar surface area (TPSA) is 114 Å². The van der Waals surface area contributed by atoms with Gasteiger partial charge in [-0.2, -0.15) is 0 Å². The molecule has 1 saturated heterocycles. The van der Waals surface area contributed by atoms with Gasteiger partial charge in [-0.25, -0.2) is 14.8 Å². The molecule has 11 heteroatoms. The van der Waals surface area contributed by atoms with Gasteiger partial charge in [0.05, 0.1) is 11.5 Å². The molecule has 150 valence electrons. The SMILES string of the molecule is CCOC(=O)N1CCN(c2ncnc(NCCc3cccs3)c2[N+](=O)[O-])CC1. The van der Waals surface area contributed by atoms with Gasteiger partial charge in [-0.3, -0.25) is 10.1 Å². The van der Waals surface area contributed by atoms with Crippen LogP contribution in [0.4, 0.5) is 22.1 Å². The third kappa shape index (κ3) is 4.66. The number of aromatic nitrogens is 2. The fourth-order valence-corrected chi connectivity index (χ4v) is 3.68. The molecule has 3 rings (SSSR count). The molecule has 0 aliphatic carbocycles. The maximum atomic E-state index is 11.8. The molecular weight excluding hydrogens is 384 g/mol. The number of piperazine rings is 1. The van der Waals surface area contributed by atoms with Crippen molar-refractivity contribution in [3.63, 3.8) is 0 Å². The lowest BCUT2D eigenvalue weighted by molar-refractivity contribution is -0.383. The van der Waals surface area contributed by atoms with Gasteiger partial charge in [0, 0.05) is 37.6 Å². The minimum Gasteiger partial charge on any atom is -0.450 e. The van der Waals surface area contributed by atoms with Crippen LogP contribution >= 0.6 is 11.3 Å². The predicted molar refractivity (Wildman–Crippen MR) is 106 cm³/mol. The summed E-state index contributed by atoms with van der Waals surface area (Å²) in [6.07, 6.45) is 1.72. The van der Waals surface area contributed by atoms with Crippen molar-refractivity contribution in [2.45, 2.75) is 13.3 Å². The maximum Gasteiger partial charge on any atom is 0.409 e. The van der Waals surface area contributed by atoms with Crippen LogP contribution in [0.1, 0.15) is 11.8 Å². The van der Waals surface area contributed by atoms with E-state index in [1.54, 1.807) is 28.1 Å². The smallest absolute Gasteiger partial charge is 0.409 e. The number of rotatable bonds is 7. The molecule has 2 aromatic heterocycles. The fourth-order valence-electron chi connectivity index (χ4n) is 2.97. The van der Waals surface area contributed by atoms with Gasteiger partial charge in [0.1, 0.15) is 6.33 Å². The van der Waals surface area contributed by atoms with E-state index in [9.17, 15) is 14.9 Å². The van der Waals surface area contributed by atoms with Crippen LogP contribution in [0.5, 0.6) is 0 Å². The van der Waals surface area contributed by atoms with Crippen molar-refractivity contribution < 1.29 is 14.5 Å². The van der Waals surface area contributed by atoms with E-state index in [0.717, 1.165) is 6.42 Å². The minimum atomic E-state index is -0.458. The summed E-state index contributed by atoms with van der Waals surface area (Å²) in [6.45, 7) is 4.32. The zero-order valence-corrected chi connectivity index (χ0v) is 16.4. The first-order chi connectivity index (χ1) is 13.6. The van der Waals surface area contributed by atoms with E-state index < -0.39 is 4.92 Å². The first kappa shape index (κ1) is 19.8. The molecule has 1 N–H and O–H groups in total. The van der Waals surface area contributed by atoms with Crippen molar-refractivity contribution in [1.29, 1.82) is 0 Å². The Balaban J connectivity index is 1.69. The number of ether oxygens (including phenoxy) is 1. The molecule has 0 atom stereocenters. The van der Waals surface area contributed by atoms with Crippen LogP contribution in [0.2, 0.25) is 0 Å². The lowest BCUT2D eigenvalue weighted by atomic mass is 10.3. The van der Waals surface area contributed by atoms with Crippen molar-refractivity contribution in [2.75, 3.05) is 49.5 Å². The Kier molecular flexibility index (Phi) is 6.58. The van der Waals surface area contributed by atoms with Crippen molar-refractivity contribution in [3.05, 3.63) is 38.8 Å². The van der Waals surface area contributed by atoms with Crippen molar-refractivity contribution >= 4 is 34.8 Å². The summed E-state index contributed by atoms with van der Waals surface area (Å²) < 4.78 is 5.00. The summed E-state index contributed by atoms with van der Waals surface area (Å²) in [5.74, 6) is 0.474. The third-order valence-electron chi connectivity index (χ3n) is 4.33. The summed E-state index contributed by atoms with van der Waals surface area (Å²) in [6, 6.07) is 4.00. The van der Waals surface area contributed by atoms with Crippen LogP contribution in [0.25, 0.3) is 0 Å². The molecule has 10 nitrogen and oxygen atoms in total. The quantitative estimate of drug-likeness (QED) is 0.551. The molecule has 28 heavy (non-hydrogen) atoms. The van der Waals surface area contributed by atoms with E-state index in [1.807, 2.05) is 17.5 Å². The Morgan fingerprint density at radius 2 is 2.14 bits per heavy atom. The highest BCUT2D eigenvalue weighted by Gasteiger charge is 2.30. The Morgan fingerprint density at radius 1 is 1.36 bits per heavy atom. The van der Waals surface area contributed by atoms with Gasteiger partial charge in [0.15, 0.2) is 0 Å². The molecule has 0 aromatic carbocycles. The monoisotopic (exact) mass is 406 g/mol. The number of hydrogen-bond donors (Lipinski definition) is 1. The number of carbonyl (C=O) groups excluding carboxylic acids is 1. The summed E-state index contributed by atoms with van der Waals surface area (Å²) in [5.41, 5.74) is -0.140. The third-order valence-corrected chi connectivity index (χ3v) is 5.27. The number of nitro groups is 1. The molecule has 1 amide bonds. The summed E-state index contributed by atoms with van der Waals surface area (Å²) in [4.78, 5) is 35.9. The Labute approximate surface area is 166 Å². The van der Waals surface area contributed by atoms with E-state index in [-0.39, 0.29) is 23.4 Å². The van der Waals surface area contributed by atoms with Crippen LogP contribution in [-0.4, -0.2) is 65.2 Å². The highest BCUT2D eigenvalue weighted by molar-refractivity contribution is 7.09. The predicted octanol–water partition coefficient (Wildman–Crippen LogP) is 2.38. The van der Waals surface area contributed by atoms with Gasteiger partial charge < -0.3 is 19.9 Å². The Hall–Kier alpha value is -2.95. The number of amides is 1. The number of thiophene rings is 1. The highest BCUT2D eigenvalue weighted by atomic mass is 32.1. The molecule has 1 aliphatic heterocycles. The Morgan fingerprint density at radius 3 is 2.79 bits per heavy atom. The molecule has 0 bridgehead atoms. The largest absolute Gasteiger partial charge is 0.450 e. The van der Waals surface area contributed by atoms with Crippen molar-refractivity contribution in [1.82, 2.24) is 14.9 Å². The van der Waals surface area contributed by atoms with Gasteiger partial charge in [0.25, 0.3) is 0 Å². The molecule has 0 spiro atoms. The number of anilines is 2. The van der Waals surface area contributed by atoms with E-state index in [1.165, 1.54) is 11.2 Å². The maximum absolute atomic E-state index is 11.8. The van der Waals surface area contributed by atoms with Gasteiger partial charge in [-0.1, -0.05) is 6.07 Å². The molecule has 2 aromatic rings. The lowest BCUT2D eigenvalue weighted by Crippen LogP contribution is -2.49. The average molecular weight is 406 g/mol. The van der Waals surface area contributed by atoms with Crippen LogP contribution in [0.15, 0.2) is 23.8 Å². The first-order valence-corrected chi connectivity index (χ1v) is 9.90. The van der Waals surface area contributed by atoms with Crippen molar-refractivity contribution in [3.8, 4) is 0 Å². The summed E-state index contributed by atoms with van der Waals surface area (Å²) in [7, 11) is 0. The minimum absolute atomic E-state index is 0.140. The van der Waals surface area contributed by atoms with E-state index in [2.05, 4.69) is 15.3 Å². The molecule has 1 fully saturated rings. The number of nitrogens with one attached hydrogen (secondary N) is 1. The second-order valence-electron chi connectivity index (χ2n) is 6.08. The second-order valence-corrected chi connectivity index (χ2v) is 7.11. The van der Waals surface area contributed by atoms with Crippen LogP contribution in [0, 0.1) is 10.1 Å². The molecule has 1 aliphatic rings. The summed E-state index contributed by atoms with van der Waals surface area (Å²) in [5, 5.41) is 16.8. The Bertz CT molecular complexity index is 808. The number of carbonyl (C=O) groups is 1. The van der Waals surface area contributed by atoms with Crippen LogP contribution in [0.3, 0.4) is 0 Å². The lowest BCUT2D eigenvalue weighted by Gasteiger charge is -2.34. The molecule has 0 unspecified atom stereocenters. The summed E-state index contributed by atoms with van der Waals surface area (Å²) >= 11 is 1.64.